The smallest absolute Gasteiger partial charge is 0.250 e. The summed E-state index contributed by atoms with van der Waals surface area (Å²) in [5.41, 5.74) is 0.820. The quantitative estimate of drug-likeness (QED) is 0.814. The summed E-state index contributed by atoms with van der Waals surface area (Å²) < 4.78 is 0. The number of amides is 2. The highest BCUT2D eigenvalue weighted by atomic mass is 16.2. The minimum Gasteiger partial charge on any atom is -0.339 e. The highest BCUT2D eigenvalue weighted by Gasteiger charge is 2.32. The molecule has 2 amide bonds. The Kier molecular flexibility index (Phi) is 3.77. The number of hydrogen-bond acceptors (Lipinski definition) is 2. The lowest BCUT2D eigenvalue weighted by Crippen LogP contribution is -2.53. The first-order valence-corrected chi connectivity index (χ1v) is 5.96. The van der Waals surface area contributed by atoms with Crippen LogP contribution in [0.5, 0.6) is 0 Å². The summed E-state index contributed by atoms with van der Waals surface area (Å²) in [6.45, 7) is 2.50. The van der Waals surface area contributed by atoms with Gasteiger partial charge in [-0.05, 0) is 12.5 Å². The lowest BCUT2D eigenvalue weighted by Gasteiger charge is -2.32. The Labute approximate surface area is 106 Å². The van der Waals surface area contributed by atoms with Crippen molar-refractivity contribution in [3.63, 3.8) is 0 Å². The average Bonchev–Trinajstić information content (AvgIpc) is 2.40. The molecule has 1 aliphatic rings. The maximum Gasteiger partial charge on any atom is 0.250 e. The fourth-order valence-electron chi connectivity index (χ4n) is 1.96. The van der Waals surface area contributed by atoms with Gasteiger partial charge in [0.15, 0.2) is 0 Å². The molecule has 1 aliphatic heterocycles. The molecule has 18 heavy (non-hydrogen) atoms. The van der Waals surface area contributed by atoms with Crippen LogP contribution in [0.1, 0.15) is 18.5 Å². The van der Waals surface area contributed by atoms with Gasteiger partial charge in [0, 0.05) is 6.54 Å². The monoisotopic (exact) mass is 244 g/mol. The van der Waals surface area contributed by atoms with Gasteiger partial charge in [-0.25, -0.2) is 0 Å². The summed E-state index contributed by atoms with van der Waals surface area (Å²) in [6.07, 6.45) is 3.75. The van der Waals surface area contributed by atoms with E-state index in [4.69, 9.17) is 0 Å². The topological polar surface area (TPSA) is 49.4 Å². The van der Waals surface area contributed by atoms with Gasteiger partial charge in [-0.2, -0.15) is 0 Å². The van der Waals surface area contributed by atoms with Crippen molar-refractivity contribution in [3.8, 4) is 0 Å². The van der Waals surface area contributed by atoms with Crippen LogP contribution < -0.4 is 5.32 Å². The van der Waals surface area contributed by atoms with Gasteiger partial charge >= 0.3 is 0 Å². The van der Waals surface area contributed by atoms with Crippen molar-refractivity contribution in [1.29, 1.82) is 0 Å². The standard InChI is InChI=1S/C14H16N2O2/c1-2-3-9-16-10-12(17)15-13(14(16)18)11-7-5-4-6-8-11/h2-8,13H,9-10H2,1H3,(H,15,17)/b3-2+. The minimum atomic E-state index is -0.558. The van der Waals surface area contributed by atoms with Crippen molar-refractivity contribution in [2.24, 2.45) is 0 Å². The summed E-state index contributed by atoms with van der Waals surface area (Å²) in [7, 11) is 0. The molecule has 1 saturated heterocycles. The first-order chi connectivity index (χ1) is 8.72. The van der Waals surface area contributed by atoms with Gasteiger partial charge in [0.05, 0.1) is 6.54 Å². The molecule has 0 spiro atoms. The molecule has 1 N–H and O–H groups in total. The van der Waals surface area contributed by atoms with E-state index in [1.54, 1.807) is 4.90 Å². The summed E-state index contributed by atoms with van der Waals surface area (Å²) >= 11 is 0. The lowest BCUT2D eigenvalue weighted by atomic mass is 10.0. The molecule has 0 aliphatic carbocycles. The fraction of sp³-hybridized carbons (Fsp3) is 0.286. The first kappa shape index (κ1) is 12.4. The Morgan fingerprint density at radius 2 is 2.06 bits per heavy atom. The molecule has 94 valence electrons. The SMILES string of the molecule is C/C=C/CN1CC(=O)NC(c2ccccc2)C1=O. The molecule has 1 aromatic rings. The molecular formula is C14H16N2O2. The summed E-state index contributed by atoms with van der Waals surface area (Å²) in [5.74, 6) is -0.174. The van der Waals surface area contributed by atoms with E-state index in [1.165, 1.54) is 0 Å². The van der Waals surface area contributed by atoms with E-state index in [0.717, 1.165) is 5.56 Å². The molecule has 1 aromatic carbocycles. The van der Waals surface area contributed by atoms with Crippen molar-refractivity contribution in [2.45, 2.75) is 13.0 Å². The summed E-state index contributed by atoms with van der Waals surface area (Å²) in [5, 5.41) is 2.73. The van der Waals surface area contributed by atoms with Gasteiger partial charge in [0.25, 0.3) is 5.91 Å². The third-order valence-corrected chi connectivity index (χ3v) is 2.89. The fourth-order valence-corrected chi connectivity index (χ4v) is 1.96. The highest BCUT2D eigenvalue weighted by molar-refractivity contribution is 5.95. The third-order valence-electron chi connectivity index (χ3n) is 2.89. The number of allylic oxidation sites excluding steroid dienone is 1. The van der Waals surface area contributed by atoms with E-state index >= 15 is 0 Å². The summed E-state index contributed by atoms with van der Waals surface area (Å²) in [6, 6.07) is 8.75. The van der Waals surface area contributed by atoms with Crippen LogP contribution in [0.4, 0.5) is 0 Å². The number of nitrogens with one attached hydrogen (secondary N) is 1. The number of hydrogen-bond donors (Lipinski definition) is 1. The van der Waals surface area contributed by atoms with Crippen LogP contribution in [0, 0.1) is 0 Å². The van der Waals surface area contributed by atoms with Crippen LogP contribution >= 0.6 is 0 Å². The molecule has 1 unspecified atom stereocenters. The second-order valence-electron chi connectivity index (χ2n) is 4.20. The Morgan fingerprint density at radius 1 is 1.33 bits per heavy atom. The Balaban J connectivity index is 2.20. The zero-order chi connectivity index (χ0) is 13.0. The van der Waals surface area contributed by atoms with E-state index in [2.05, 4.69) is 5.32 Å². The van der Waals surface area contributed by atoms with Gasteiger partial charge in [-0.15, -0.1) is 0 Å². The predicted octanol–water partition coefficient (Wildman–Crippen LogP) is 1.26. The molecule has 0 bridgehead atoms. The highest BCUT2D eigenvalue weighted by Crippen LogP contribution is 2.18. The maximum absolute atomic E-state index is 12.3. The van der Waals surface area contributed by atoms with E-state index in [-0.39, 0.29) is 18.4 Å². The maximum atomic E-state index is 12.3. The van der Waals surface area contributed by atoms with E-state index in [1.807, 2.05) is 49.4 Å². The Morgan fingerprint density at radius 3 is 2.72 bits per heavy atom. The van der Waals surface area contributed by atoms with Crippen LogP contribution in [0.2, 0.25) is 0 Å². The molecule has 4 heteroatoms. The van der Waals surface area contributed by atoms with E-state index < -0.39 is 6.04 Å². The Bertz CT molecular complexity index is 468. The second kappa shape index (κ2) is 5.49. The van der Waals surface area contributed by atoms with Crippen LogP contribution in [0.15, 0.2) is 42.5 Å². The average molecular weight is 244 g/mol. The largest absolute Gasteiger partial charge is 0.339 e. The van der Waals surface area contributed by atoms with Crippen molar-refractivity contribution in [3.05, 3.63) is 48.0 Å². The van der Waals surface area contributed by atoms with E-state index in [9.17, 15) is 9.59 Å². The van der Waals surface area contributed by atoms with Gasteiger partial charge in [-0.3, -0.25) is 9.59 Å². The van der Waals surface area contributed by atoms with E-state index in [0.29, 0.717) is 6.54 Å². The van der Waals surface area contributed by atoms with Gasteiger partial charge in [0.1, 0.15) is 6.04 Å². The van der Waals surface area contributed by atoms with Gasteiger partial charge < -0.3 is 10.2 Å². The van der Waals surface area contributed by atoms with Crippen molar-refractivity contribution < 1.29 is 9.59 Å². The molecule has 1 heterocycles. The second-order valence-corrected chi connectivity index (χ2v) is 4.20. The number of nitrogens with zero attached hydrogens (tertiary/aromatic N) is 1. The normalized spacial score (nSPS) is 20.3. The third kappa shape index (κ3) is 2.59. The molecule has 2 rings (SSSR count). The van der Waals surface area contributed by atoms with Gasteiger partial charge in [-0.1, -0.05) is 42.5 Å². The first-order valence-electron chi connectivity index (χ1n) is 5.96. The molecule has 0 radical (unpaired) electrons. The number of rotatable bonds is 3. The molecule has 0 aromatic heterocycles. The number of piperazine rings is 1. The Hall–Kier alpha value is -2.10. The van der Waals surface area contributed by atoms with Crippen molar-refractivity contribution >= 4 is 11.8 Å². The van der Waals surface area contributed by atoms with Gasteiger partial charge in [0.2, 0.25) is 5.91 Å². The minimum absolute atomic E-state index is 0.0566. The number of carbonyl (C=O) groups is 2. The molecular weight excluding hydrogens is 228 g/mol. The molecule has 0 saturated carbocycles. The van der Waals surface area contributed by atoms with Crippen LogP contribution in [0.3, 0.4) is 0 Å². The molecule has 1 atom stereocenters. The zero-order valence-electron chi connectivity index (χ0n) is 10.3. The van der Waals surface area contributed by atoms with Crippen LogP contribution in [0.25, 0.3) is 0 Å². The van der Waals surface area contributed by atoms with Crippen LogP contribution in [-0.2, 0) is 9.59 Å². The number of benzene rings is 1. The number of carbonyl (C=O) groups excluding carboxylic acids is 2. The zero-order valence-corrected chi connectivity index (χ0v) is 10.3. The molecule has 1 fully saturated rings. The van der Waals surface area contributed by atoms with Crippen molar-refractivity contribution in [2.75, 3.05) is 13.1 Å². The lowest BCUT2D eigenvalue weighted by molar-refractivity contribution is -0.143. The predicted molar refractivity (Wildman–Crippen MR) is 68.7 cm³/mol. The van der Waals surface area contributed by atoms with Crippen LogP contribution in [-0.4, -0.2) is 29.8 Å². The summed E-state index contributed by atoms with van der Waals surface area (Å²) in [4.78, 5) is 25.5. The van der Waals surface area contributed by atoms with Crippen molar-refractivity contribution in [1.82, 2.24) is 10.2 Å². The molecule has 4 nitrogen and oxygen atoms in total.